The first-order chi connectivity index (χ1) is 8.65. The standard InChI is InChI=1S/C12H11Cl2N3S/c13-6-4-7(14)10(16-5-6)12-17-9-3-1-2-8(15)11(9)18-12/h4-5,8H,1-3,15H2. The zero-order valence-electron chi connectivity index (χ0n) is 9.49. The van der Waals surface area contributed by atoms with Gasteiger partial charge in [-0.1, -0.05) is 23.2 Å². The van der Waals surface area contributed by atoms with Crippen LogP contribution in [0.1, 0.15) is 29.5 Å². The summed E-state index contributed by atoms with van der Waals surface area (Å²) in [6, 6.07) is 1.79. The molecule has 0 amide bonds. The van der Waals surface area contributed by atoms with Gasteiger partial charge in [-0.05, 0) is 25.3 Å². The minimum absolute atomic E-state index is 0.103. The molecule has 3 nitrogen and oxygen atoms in total. The van der Waals surface area contributed by atoms with E-state index >= 15 is 0 Å². The Kier molecular flexibility index (Phi) is 3.28. The molecule has 0 radical (unpaired) electrons. The molecule has 0 fully saturated rings. The van der Waals surface area contributed by atoms with Gasteiger partial charge >= 0.3 is 0 Å². The molecule has 2 aromatic rings. The topological polar surface area (TPSA) is 51.8 Å². The number of nitrogens with two attached hydrogens (primary N) is 1. The van der Waals surface area contributed by atoms with Crippen LogP contribution >= 0.6 is 34.5 Å². The van der Waals surface area contributed by atoms with Crippen molar-refractivity contribution < 1.29 is 0 Å². The molecule has 6 heteroatoms. The van der Waals surface area contributed by atoms with Crippen LogP contribution in [0.4, 0.5) is 0 Å². The number of nitrogens with zero attached hydrogens (tertiary/aromatic N) is 2. The van der Waals surface area contributed by atoms with Crippen molar-refractivity contribution in [2.75, 3.05) is 0 Å². The number of halogens is 2. The average molecular weight is 300 g/mol. The summed E-state index contributed by atoms with van der Waals surface area (Å²) in [7, 11) is 0. The Balaban J connectivity index is 2.07. The Hall–Kier alpha value is -0.680. The molecule has 1 aliphatic rings. The minimum Gasteiger partial charge on any atom is -0.323 e. The lowest BCUT2D eigenvalue weighted by molar-refractivity contribution is 0.573. The second-order valence-corrected chi connectivity index (χ2v) is 6.19. The molecule has 1 atom stereocenters. The van der Waals surface area contributed by atoms with Crippen LogP contribution in [-0.4, -0.2) is 9.97 Å². The Morgan fingerprint density at radius 1 is 1.39 bits per heavy atom. The van der Waals surface area contributed by atoms with Crippen LogP contribution in [0.5, 0.6) is 0 Å². The Labute approximate surface area is 119 Å². The van der Waals surface area contributed by atoms with E-state index in [0.29, 0.717) is 15.7 Å². The van der Waals surface area contributed by atoms with Gasteiger partial charge in [-0.3, -0.25) is 4.98 Å². The number of aryl methyl sites for hydroxylation is 1. The first-order valence-corrected chi connectivity index (χ1v) is 7.29. The maximum absolute atomic E-state index is 6.15. The molecule has 94 valence electrons. The quantitative estimate of drug-likeness (QED) is 0.870. The summed E-state index contributed by atoms with van der Waals surface area (Å²) in [4.78, 5) is 10.0. The number of fused-ring (bicyclic) bond motifs is 1. The van der Waals surface area contributed by atoms with Gasteiger partial charge < -0.3 is 5.73 Å². The fourth-order valence-corrected chi connectivity index (χ4v) is 3.81. The van der Waals surface area contributed by atoms with Crippen molar-refractivity contribution in [3.8, 4) is 10.7 Å². The normalized spacial score (nSPS) is 18.7. The van der Waals surface area contributed by atoms with E-state index in [1.54, 1.807) is 23.6 Å². The van der Waals surface area contributed by atoms with Gasteiger partial charge in [-0.25, -0.2) is 4.98 Å². The van der Waals surface area contributed by atoms with Crippen LogP contribution in [-0.2, 0) is 6.42 Å². The summed E-state index contributed by atoms with van der Waals surface area (Å²) in [6.07, 6.45) is 4.70. The molecule has 18 heavy (non-hydrogen) atoms. The summed E-state index contributed by atoms with van der Waals surface area (Å²) in [5.74, 6) is 0. The van der Waals surface area contributed by atoms with Crippen LogP contribution in [0, 0.1) is 0 Å². The van der Waals surface area contributed by atoms with Crippen LogP contribution in [0.15, 0.2) is 12.3 Å². The zero-order chi connectivity index (χ0) is 12.7. The highest BCUT2D eigenvalue weighted by molar-refractivity contribution is 7.15. The van der Waals surface area contributed by atoms with E-state index < -0.39 is 0 Å². The van der Waals surface area contributed by atoms with Gasteiger partial charge in [0, 0.05) is 17.1 Å². The van der Waals surface area contributed by atoms with Gasteiger partial charge in [0.2, 0.25) is 0 Å². The number of hydrogen-bond donors (Lipinski definition) is 1. The molecule has 0 bridgehead atoms. The molecule has 0 aromatic carbocycles. The predicted octanol–water partition coefficient (Wildman–Crippen LogP) is 3.85. The molecule has 1 unspecified atom stereocenters. The third kappa shape index (κ3) is 2.14. The van der Waals surface area contributed by atoms with Crippen molar-refractivity contribution in [3.05, 3.63) is 32.9 Å². The summed E-state index contributed by atoms with van der Waals surface area (Å²) < 4.78 is 0. The van der Waals surface area contributed by atoms with E-state index in [0.717, 1.165) is 30.0 Å². The monoisotopic (exact) mass is 299 g/mol. The lowest BCUT2D eigenvalue weighted by atomic mass is 9.99. The number of pyridine rings is 1. The largest absolute Gasteiger partial charge is 0.323 e. The van der Waals surface area contributed by atoms with E-state index in [4.69, 9.17) is 28.9 Å². The average Bonchev–Trinajstić information content (AvgIpc) is 2.74. The fourth-order valence-electron chi connectivity index (χ4n) is 2.13. The molecule has 0 aliphatic heterocycles. The van der Waals surface area contributed by atoms with Gasteiger partial charge in [0.25, 0.3) is 0 Å². The number of rotatable bonds is 1. The molecule has 2 aromatic heterocycles. The smallest absolute Gasteiger partial charge is 0.143 e. The highest BCUT2D eigenvalue weighted by atomic mass is 35.5. The number of thiazole rings is 1. The third-order valence-corrected chi connectivity index (χ3v) is 4.73. The lowest BCUT2D eigenvalue weighted by Gasteiger charge is -2.15. The van der Waals surface area contributed by atoms with E-state index in [1.165, 1.54) is 4.88 Å². The molecule has 3 rings (SSSR count). The van der Waals surface area contributed by atoms with Crippen LogP contribution in [0.3, 0.4) is 0 Å². The number of hydrogen-bond acceptors (Lipinski definition) is 4. The van der Waals surface area contributed by atoms with Crippen LogP contribution < -0.4 is 5.73 Å². The predicted molar refractivity (Wildman–Crippen MR) is 75.2 cm³/mol. The van der Waals surface area contributed by atoms with Crippen molar-refractivity contribution in [2.24, 2.45) is 5.73 Å². The summed E-state index contributed by atoms with van der Waals surface area (Å²) >= 11 is 13.6. The zero-order valence-corrected chi connectivity index (χ0v) is 11.8. The Morgan fingerprint density at radius 3 is 2.94 bits per heavy atom. The van der Waals surface area contributed by atoms with Gasteiger partial charge in [0.1, 0.15) is 10.7 Å². The molecule has 0 spiro atoms. The SMILES string of the molecule is NC1CCCc2nc(-c3ncc(Cl)cc3Cl)sc21. The maximum atomic E-state index is 6.15. The first kappa shape index (κ1) is 12.4. The van der Waals surface area contributed by atoms with Crippen LogP contribution in [0.2, 0.25) is 10.0 Å². The maximum Gasteiger partial charge on any atom is 0.143 e. The van der Waals surface area contributed by atoms with E-state index in [9.17, 15) is 0 Å². The molecular weight excluding hydrogens is 289 g/mol. The van der Waals surface area contributed by atoms with Crippen molar-refractivity contribution in [1.29, 1.82) is 0 Å². The summed E-state index contributed by atoms with van der Waals surface area (Å²) in [6.45, 7) is 0. The van der Waals surface area contributed by atoms with Crippen molar-refractivity contribution in [2.45, 2.75) is 25.3 Å². The Morgan fingerprint density at radius 2 is 2.22 bits per heavy atom. The highest BCUT2D eigenvalue weighted by Gasteiger charge is 2.23. The highest BCUT2D eigenvalue weighted by Crippen LogP contribution is 2.38. The lowest BCUT2D eigenvalue weighted by Crippen LogP contribution is -2.15. The molecule has 2 heterocycles. The Bertz CT molecular complexity index is 597. The van der Waals surface area contributed by atoms with Gasteiger partial charge in [0.05, 0.1) is 15.7 Å². The van der Waals surface area contributed by atoms with Crippen molar-refractivity contribution in [3.63, 3.8) is 0 Å². The summed E-state index contributed by atoms with van der Waals surface area (Å²) in [5, 5.41) is 1.89. The molecule has 0 saturated carbocycles. The fraction of sp³-hybridized carbons (Fsp3) is 0.333. The summed E-state index contributed by atoms with van der Waals surface area (Å²) in [5.41, 5.74) is 7.88. The number of aromatic nitrogens is 2. The molecular formula is C12H11Cl2N3S. The van der Waals surface area contributed by atoms with Crippen LogP contribution in [0.25, 0.3) is 10.7 Å². The second kappa shape index (κ2) is 4.78. The molecule has 1 aliphatic carbocycles. The van der Waals surface area contributed by atoms with Gasteiger partial charge in [-0.2, -0.15) is 0 Å². The second-order valence-electron chi connectivity index (χ2n) is 4.31. The molecule has 0 saturated heterocycles. The van der Waals surface area contributed by atoms with E-state index in [2.05, 4.69) is 9.97 Å². The van der Waals surface area contributed by atoms with E-state index in [1.807, 2.05) is 0 Å². The van der Waals surface area contributed by atoms with Gasteiger partial charge in [-0.15, -0.1) is 11.3 Å². The first-order valence-electron chi connectivity index (χ1n) is 5.72. The third-order valence-electron chi connectivity index (χ3n) is 3.00. The minimum atomic E-state index is 0.103. The van der Waals surface area contributed by atoms with Crippen molar-refractivity contribution >= 4 is 34.5 Å². The molecule has 2 N–H and O–H groups in total. The van der Waals surface area contributed by atoms with Crippen molar-refractivity contribution in [1.82, 2.24) is 9.97 Å². The van der Waals surface area contributed by atoms with E-state index in [-0.39, 0.29) is 6.04 Å². The van der Waals surface area contributed by atoms with Gasteiger partial charge in [0.15, 0.2) is 0 Å².